The number of nitrogens with zero attached hydrogens (tertiary/aromatic N) is 1. The van der Waals surface area contributed by atoms with Crippen molar-refractivity contribution in [3.05, 3.63) is 33.1 Å². The van der Waals surface area contributed by atoms with E-state index in [1.165, 1.54) is 13.8 Å². The molecule has 0 amide bonds. The summed E-state index contributed by atoms with van der Waals surface area (Å²) < 4.78 is 35.3. The highest BCUT2D eigenvalue weighted by molar-refractivity contribution is 7.92. The lowest BCUT2D eigenvalue weighted by molar-refractivity contribution is -0.384. The van der Waals surface area contributed by atoms with Crippen LogP contribution in [0.25, 0.3) is 0 Å². The predicted octanol–water partition coefficient (Wildman–Crippen LogP) is 2.62. The maximum atomic E-state index is 13.4. The first-order valence-electron chi connectivity index (χ1n) is 5.52. The van der Waals surface area contributed by atoms with E-state index in [2.05, 4.69) is 5.32 Å². The number of rotatable bonds is 5. The van der Waals surface area contributed by atoms with Gasteiger partial charge in [-0.05, 0) is 13.8 Å². The molecule has 20 heavy (non-hydrogen) atoms. The van der Waals surface area contributed by atoms with E-state index in [0.717, 1.165) is 18.4 Å². The van der Waals surface area contributed by atoms with Crippen molar-refractivity contribution in [2.75, 3.05) is 18.1 Å². The van der Waals surface area contributed by atoms with E-state index < -0.39 is 31.0 Å². The van der Waals surface area contributed by atoms with Crippen LogP contribution in [0.15, 0.2) is 12.1 Å². The molecule has 1 aromatic rings. The number of anilines is 1. The Kier molecular flexibility index (Phi) is 4.60. The smallest absolute Gasteiger partial charge is 0.294 e. The molecule has 1 aromatic carbocycles. The fraction of sp³-hybridized carbons (Fsp3) is 0.455. The number of hydrogen-bond donors (Lipinski definition) is 1. The summed E-state index contributed by atoms with van der Waals surface area (Å²) in [5.74, 6) is -0.822. The Labute approximate surface area is 121 Å². The van der Waals surface area contributed by atoms with Crippen LogP contribution in [0.5, 0.6) is 0 Å². The van der Waals surface area contributed by atoms with E-state index in [1.807, 2.05) is 0 Å². The molecule has 9 heteroatoms. The van der Waals surface area contributed by atoms with Crippen molar-refractivity contribution in [2.45, 2.75) is 18.6 Å². The van der Waals surface area contributed by atoms with E-state index in [0.29, 0.717) is 0 Å². The molecule has 0 unspecified atom stereocenters. The molecular weight excluding hydrogens is 311 g/mol. The molecule has 0 aromatic heterocycles. The third-order valence-electron chi connectivity index (χ3n) is 2.94. The van der Waals surface area contributed by atoms with Gasteiger partial charge in [-0.3, -0.25) is 10.1 Å². The molecule has 0 heterocycles. The fourth-order valence-corrected chi connectivity index (χ4v) is 1.76. The minimum absolute atomic E-state index is 0.103. The summed E-state index contributed by atoms with van der Waals surface area (Å²) in [4.78, 5) is 10.2. The zero-order valence-electron chi connectivity index (χ0n) is 11.1. The average molecular weight is 325 g/mol. The monoisotopic (exact) mass is 324 g/mol. The maximum Gasteiger partial charge on any atom is 0.294 e. The summed E-state index contributed by atoms with van der Waals surface area (Å²) in [7, 11) is -3.38. The third-order valence-corrected chi connectivity index (χ3v) is 5.39. The van der Waals surface area contributed by atoms with Crippen LogP contribution in [-0.2, 0) is 9.84 Å². The van der Waals surface area contributed by atoms with Gasteiger partial charge in [0.25, 0.3) is 5.69 Å². The largest absolute Gasteiger partial charge is 0.378 e. The van der Waals surface area contributed by atoms with Gasteiger partial charge in [0.1, 0.15) is 11.5 Å². The molecule has 0 aliphatic rings. The van der Waals surface area contributed by atoms with E-state index in [-0.39, 0.29) is 17.3 Å². The molecule has 6 nitrogen and oxygen atoms in total. The Balaban J connectivity index is 3.10. The van der Waals surface area contributed by atoms with Crippen molar-refractivity contribution in [1.29, 1.82) is 0 Å². The highest BCUT2D eigenvalue weighted by Crippen LogP contribution is 2.31. The Hall–Kier alpha value is -1.41. The van der Waals surface area contributed by atoms with E-state index in [9.17, 15) is 22.9 Å². The first-order chi connectivity index (χ1) is 8.95. The molecule has 112 valence electrons. The summed E-state index contributed by atoms with van der Waals surface area (Å²) in [5, 5.41) is 13.1. The summed E-state index contributed by atoms with van der Waals surface area (Å²) in [6, 6.07) is 1.76. The van der Waals surface area contributed by atoms with E-state index >= 15 is 0 Å². The van der Waals surface area contributed by atoms with Crippen molar-refractivity contribution in [1.82, 2.24) is 0 Å². The van der Waals surface area contributed by atoms with Crippen LogP contribution in [0.3, 0.4) is 0 Å². The summed E-state index contributed by atoms with van der Waals surface area (Å²) in [5.41, 5.74) is -0.533. The molecule has 0 atom stereocenters. The van der Waals surface area contributed by atoms with E-state index in [4.69, 9.17) is 11.6 Å². The van der Waals surface area contributed by atoms with Gasteiger partial charge >= 0.3 is 0 Å². The number of halogens is 2. The molecule has 0 spiro atoms. The van der Waals surface area contributed by atoms with Gasteiger partial charge in [-0.15, -0.1) is 0 Å². The third kappa shape index (κ3) is 3.57. The second-order valence-corrected chi connectivity index (χ2v) is 7.98. The Morgan fingerprint density at radius 2 is 2.00 bits per heavy atom. The number of nitro groups is 1. The molecule has 0 saturated heterocycles. The highest BCUT2D eigenvalue weighted by atomic mass is 35.5. The van der Waals surface area contributed by atoms with Gasteiger partial charge in [0.2, 0.25) is 0 Å². The standard InChI is InChI=1S/C11H14ClFN2O4S/c1-11(2,20(3,18)19)6-14-9-5-8(13)7(12)4-10(9)15(16)17/h4-5,14H,6H2,1-3H3. The first kappa shape index (κ1) is 16.6. The van der Waals surface area contributed by atoms with Gasteiger partial charge in [-0.1, -0.05) is 11.6 Å². The van der Waals surface area contributed by atoms with Crippen molar-refractivity contribution in [2.24, 2.45) is 0 Å². The second kappa shape index (κ2) is 5.53. The van der Waals surface area contributed by atoms with Crippen LogP contribution < -0.4 is 5.32 Å². The fourth-order valence-electron chi connectivity index (χ4n) is 1.27. The molecule has 0 aliphatic heterocycles. The Morgan fingerprint density at radius 3 is 2.45 bits per heavy atom. The second-order valence-electron chi connectivity index (χ2n) is 4.93. The minimum atomic E-state index is -3.38. The first-order valence-corrected chi connectivity index (χ1v) is 7.79. The van der Waals surface area contributed by atoms with Crippen molar-refractivity contribution in [3.8, 4) is 0 Å². The topological polar surface area (TPSA) is 89.3 Å². The highest BCUT2D eigenvalue weighted by Gasteiger charge is 2.31. The summed E-state index contributed by atoms with van der Waals surface area (Å²) in [6.45, 7) is 2.83. The quantitative estimate of drug-likeness (QED) is 0.664. The number of nitrogens with one attached hydrogen (secondary N) is 1. The lowest BCUT2D eigenvalue weighted by Gasteiger charge is -2.23. The SMILES string of the molecule is CC(C)(CNc1cc(F)c(Cl)cc1[N+](=O)[O-])S(C)(=O)=O. The van der Waals surface area contributed by atoms with Crippen LogP contribution >= 0.6 is 11.6 Å². The van der Waals surface area contributed by atoms with Gasteiger partial charge in [0, 0.05) is 24.9 Å². The number of benzene rings is 1. The summed E-state index contributed by atoms with van der Waals surface area (Å²) in [6.07, 6.45) is 1.06. The van der Waals surface area contributed by atoms with Crippen molar-refractivity contribution < 1.29 is 17.7 Å². The number of hydrogen-bond acceptors (Lipinski definition) is 5. The molecule has 1 N–H and O–H groups in total. The van der Waals surface area contributed by atoms with Gasteiger partial charge in [-0.25, -0.2) is 12.8 Å². The number of nitro benzene ring substituents is 1. The average Bonchev–Trinajstić information content (AvgIpc) is 2.28. The van der Waals surface area contributed by atoms with Crippen molar-refractivity contribution in [3.63, 3.8) is 0 Å². The molecule has 0 bridgehead atoms. The zero-order valence-corrected chi connectivity index (χ0v) is 12.7. The minimum Gasteiger partial charge on any atom is -0.378 e. The normalized spacial score (nSPS) is 12.2. The molecule has 0 fully saturated rings. The molecule has 0 aliphatic carbocycles. The van der Waals surface area contributed by atoms with Crippen LogP contribution in [0, 0.1) is 15.9 Å². The lowest BCUT2D eigenvalue weighted by Crippen LogP contribution is -2.38. The number of sulfone groups is 1. The predicted molar refractivity (Wildman–Crippen MR) is 75.5 cm³/mol. The van der Waals surface area contributed by atoms with Gasteiger partial charge in [-0.2, -0.15) is 0 Å². The zero-order chi connectivity index (χ0) is 15.7. The lowest BCUT2D eigenvalue weighted by atomic mass is 10.2. The van der Waals surface area contributed by atoms with Crippen LogP contribution in [0.4, 0.5) is 15.8 Å². The molecule has 0 saturated carbocycles. The van der Waals surface area contributed by atoms with E-state index in [1.54, 1.807) is 0 Å². The van der Waals surface area contributed by atoms with Gasteiger partial charge in [0.05, 0.1) is 14.7 Å². The van der Waals surface area contributed by atoms with Crippen LogP contribution in [0.2, 0.25) is 5.02 Å². The Morgan fingerprint density at radius 1 is 1.45 bits per heavy atom. The molecule has 1 rings (SSSR count). The van der Waals surface area contributed by atoms with Crippen LogP contribution in [0.1, 0.15) is 13.8 Å². The molecular formula is C11H14ClFN2O4S. The Bertz CT molecular complexity index is 646. The van der Waals surface area contributed by atoms with Gasteiger partial charge in [0.15, 0.2) is 9.84 Å². The maximum absolute atomic E-state index is 13.4. The van der Waals surface area contributed by atoms with Crippen molar-refractivity contribution >= 4 is 32.8 Å². The molecule has 0 radical (unpaired) electrons. The summed E-state index contributed by atoms with van der Waals surface area (Å²) >= 11 is 5.49. The van der Waals surface area contributed by atoms with Crippen LogP contribution in [-0.4, -0.2) is 30.9 Å². The van der Waals surface area contributed by atoms with Gasteiger partial charge < -0.3 is 5.32 Å².